The van der Waals surface area contributed by atoms with Crippen molar-refractivity contribution in [2.24, 2.45) is 0 Å². The second kappa shape index (κ2) is 8.47. The van der Waals surface area contributed by atoms with Crippen LogP contribution in [0.25, 0.3) is 11.1 Å². The molecule has 0 unspecified atom stereocenters. The highest BCUT2D eigenvalue weighted by Gasteiger charge is 2.33. The summed E-state index contributed by atoms with van der Waals surface area (Å²) in [5, 5.41) is 2.38. The van der Waals surface area contributed by atoms with Crippen LogP contribution in [-0.2, 0) is 0 Å². The van der Waals surface area contributed by atoms with E-state index in [-0.39, 0.29) is 11.9 Å². The minimum atomic E-state index is 0.00512. The van der Waals surface area contributed by atoms with E-state index in [0.29, 0.717) is 9.90 Å². The quantitative estimate of drug-likeness (QED) is 0.496. The zero-order valence-electron chi connectivity index (χ0n) is 16.4. The van der Waals surface area contributed by atoms with Gasteiger partial charge in [0, 0.05) is 12.6 Å². The van der Waals surface area contributed by atoms with Gasteiger partial charge in [-0.05, 0) is 53.1 Å². The largest absolute Gasteiger partial charge is 0.497 e. The van der Waals surface area contributed by atoms with Crippen molar-refractivity contribution in [1.29, 1.82) is 0 Å². The number of rotatable bonds is 5. The van der Waals surface area contributed by atoms with Crippen LogP contribution in [0.2, 0.25) is 5.02 Å². The molecule has 0 spiro atoms. The number of halogens is 1. The first-order chi connectivity index (χ1) is 14.1. The number of benzene rings is 2. The molecule has 0 saturated carbocycles. The fourth-order valence-electron chi connectivity index (χ4n) is 3.92. The van der Waals surface area contributed by atoms with Gasteiger partial charge in [-0.3, -0.25) is 4.79 Å². The Labute approximate surface area is 179 Å². The number of nitrogens with zero attached hydrogens (tertiary/aromatic N) is 1. The lowest BCUT2D eigenvalue weighted by molar-refractivity contribution is 0.0741. The molecular weight excluding hydrogens is 406 g/mol. The van der Waals surface area contributed by atoms with Crippen LogP contribution in [0.5, 0.6) is 11.5 Å². The highest BCUT2D eigenvalue weighted by molar-refractivity contribution is 7.12. The van der Waals surface area contributed by atoms with Crippen LogP contribution in [0.15, 0.2) is 53.9 Å². The SMILES string of the molecule is COc1cc(OC)cc(-c2ccccc2[C@@H]2CCCN2C(=O)c2sccc2Cl)c1. The Bertz CT molecular complexity index is 1010. The zero-order valence-corrected chi connectivity index (χ0v) is 17.9. The Morgan fingerprint density at radius 2 is 1.83 bits per heavy atom. The maximum absolute atomic E-state index is 13.2. The molecule has 4 rings (SSSR count). The van der Waals surface area contributed by atoms with Gasteiger partial charge in [0.2, 0.25) is 0 Å². The van der Waals surface area contributed by atoms with Crippen LogP contribution in [0.4, 0.5) is 0 Å². The van der Waals surface area contributed by atoms with Crippen LogP contribution in [0, 0.1) is 0 Å². The first kappa shape index (κ1) is 19.8. The molecule has 29 heavy (non-hydrogen) atoms. The van der Waals surface area contributed by atoms with Gasteiger partial charge >= 0.3 is 0 Å². The Hall–Kier alpha value is -2.50. The lowest BCUT2D eigenvalue weighted by atomic mass is 9.93. The van der Waals surface area contributed by atoms with Crippen molar-refractivity contribution in [3.05, 3.63) is 69.4 Å². The molecule has 2 aromatic carbocycles. The van der Waals surface area contributed by atoms with Gasteiger partial charge in [0.05, 0.1) is 25.3 Å². The molecule has 1 fully saturated rings. The maximum Gasteiger partial charge on any atom is 0.265 e. The molecule has 0 N–H and O–H groups in total. The molecule has 0 aliphatic carbocycles. The van der Waals surface area contributed by atoms with Crippen molar-refractivity contribution in [2.45, 2.75) is 18.9 Å². The fourth-order valence-corrected chi connectivity index (χ4v) is 5.01. The third-order valence-corrected chi connectivity index (χ3v) is 6.64. The average Bonchev–Trinajstić information content (AvgIpc) is 3.42. The van der Waals surface area contributed by atoms with Gasteiger partial charge in [0.25, 0.3) is 5.91 Å². The molecule has 150 valence electrons. The van der Waals surface area contributed by atoms with Crippen LogP contribution >= 0.6 is 22.9 Å². The van der Waals surface area contributed by atoms with Crippen molar-refractivity contribution >= 4 is 28.8 Å². The van der Waals surface area contributed by atoms with Crippen molar-refractivity contribution in [3.8, 4) is 22.6 Å². The number of thiophene rings is 1. The zero-order chi connectivity index (χ0) is 20.4. The molecule has 1 aliphatic heterocycles. The summed E-state index contributed by atoms with van der Waals surface area (Å²) in [6, 6.07) is 15.9. The Kier molecular flexibility index (Phi) is 5.79. The Morgan fingerprint density at radius 3 is 2.48 bits per heavy atom. The predicted octanol–water partition coefficient (Wildman–Crippen LogP) is 6.06. The lowest BCUT2D eigenvalue weighted by Gasteiger charge is -2.27. The number of hydrogen-bond acceptors (Lipinski definition) is 4. The summed E-state index contributed by atoms with van der Waals surface area (Å²) < 4.78 is 10.9. The van der Waals surface area contributed by atoms with E-state index in [2.05, 4.69) is 12.1 Å². The molecule has 1 saturated heterocycles. The van der Waals surface area contributed by atoms with Crippen molar-refractivity contribution in [2.75, 3.05) is 20.8 Å². The van der Waals surface area contributed by atoms with E-state index in [1.54, 1.807) is 20.3 Å². The van der Waals surface area contributed by atoms with Crippen LogP contribution in [0.3, 0.4) is 0 Å². The van der Waals surface area contributed by atoms with Gasteiger partial charge in [0.1, 0.15) is 16.4 Å². The molecule has 4 nitrogen and oxygen atoms in total. The second-order valence-electron chi connectivity index (χ2n) is 6.94. The Morgan fingerprint density at radius 1 is 1.10 bits per heavy atom. The normalized spacial score (nSPS) is 16.1. The number of methoxy groups -OCH3 is 2. The first-order valence-electron chi connectivity index (χ1n) is 9.48. The molecule has 2 heterocycles. The number of amides is 1. The lowest BCUT2D eigenvalue weighted by Crippen LogP contribution is -2.30. The van der Waals surface area contributed by atoms with Gasteiger partial charge in [-0.15, -0.1) is 11.3 Å². The van der Waals surface area contributed by atoms with E-state index in [0.717, 1.165) is 47.6 Å². The molecule has 1 aliphatic rings. The Balaban J connectivity index is 1.75. The standard InChI is InChI=1S/C23H22ClNO3S/c1-27-16-12-15(13-17(14-16)28-2)18-6-3-4-7-19(18)21-8-5-10-25(21)23(26)22-20(24)9-11-29-22/h3-4,6-7,9,11-14,21H,5,8,10H2,1-2H3/t21-/m0/s1. The molecular formula is C23H22ClNO3S. The minimum absolute atomic E-state index is 0.00512. The van der Waals surface area contributed by atoms with E-state index in [4.69, 9.17) is 21.1 Å². The molecule has 3 aromatic rings. The number of likely N-dealkylation sites (tertiary alicyclic amines) is 1. The summed E-state index contributed by atoms with van der Waals surface area (Å²) in [7, 11) is 3.29. The van der Waals surface area contributed by atoms with Crippen molar-refractivity contribution in [1.82, 2.24) is 4.90 Å². The van der Waals surface area contributed by atoms with E-state index < -0.39 is 0 Å². The smallest absolute Gasteiger partial charge is 0.265 e. The second-order valence-corrected chi connectivity index (χ2v) is 8.27. The molecule has 1 atom stereocenters. The summed E-state index contributed by atoms with van der Waals surface area (Å²) in [5.74, 6) is 1.48. The van der Waals surface area contributed by atoms with Crippen LogP contribution in [-0.4, -0.2) is 31.6 Å². The molecule has 6 heteroatoms. The number of carbonyl (C=O) groups is 1. The third-order valence-electron chi connectivity index (χ3n) is 5.31. The predicted molar refractivity (Wildman–Crippen MR) is 117 cm³/mol. The first-order valence-corrected chi connectivity index (χ1v) is 10.7. The van der Waals surface area contributed by atoms with E-state index >= 15 is 0 Å². The van der Waals surface area contributed by atoms with E-state index in [9.17, 15) is 4.79 Å². The van der Waals surface area contributed by atoms with E-state index in [1.165, 1.54) is 11.3 Å². The summed E-state index contributed by atoms with van der Waals surface area (Å²) in [4.78, 5) is 15.7. The highest BCUT2D eigenvalue weighted by atomic mass is 35.5. The van der Waals surface area contributed by atoms with Crippen molar-refractivity contribution < 1.29 is 14.3 Å². The van der Waals surface area contributed by atoms with Crippen molar-refractivity contribution in [3.63, 3.8) is 0 Å². The summed E-state index contributed by atoms with van der Waals surface area (Å²) in [5.41, 5.74) is 3.21. The third kappa shape index (κ3) is 3.85. The summed E-state index contributed by atoms with van der Waals surface area (Å²) in [6.07, 6.45) is 1.89. The topological polar surface area (TPSA) is 38.8 Å². The average molecular weight is 428 g/mol. The van der Waals surface area contributed by atoms with Gasteiger partial charge in [-0.25, -0.2) is 0 Å². The van der Waals surface area contributed by atoms with Crippen LogP contribution in [0.1, 0.15) is 34.1 Å². The maximum atomic E-state index is 13.2. The number of carbonyl (C=O) groups excluding carboxylic acids is 1. The van der Waals surface area contributed by atoms with Gasteiger partial charge in [0.15, 0.2) is 0 Å². The summed E-state index contributed by atoms with van der Waals surface area (Å²) >= 11 is 7.63. The monoisotopic (exact) mass is 427 g/mol. The highest BCUT2D eigenvalue weighted by Crippen LogP contribution is 2.41. The van der Waals surface area contributed by atoms with Gasteiger partial charge in [-0.1, -0.05) is 35.9 Å². The number of hydrogen-bond donors (Lipinski definition) is 0. The van der Waals surface area contributed by atoms with E-state index in [1.807, 2.05) is 40.6 Å². The fraction of sp³-hybridized carbons (Fsp3) is 0.261. The molecule has 1 amide bonds. The number of ether oxygens (including phenoxy) is 2. The molecule has 1 aromatic heterocycles. The molecule has 0 radical (unpaired) electrons. The molecule has 0 bridgehead atoms. The van der Waals surface area contributed by atoms with Crippen LogP contribution < -0.4 is 9.47 Å². The van der Waals surface area contributed by atoms with Gasteiger partial charge in [-0.2, -0.15) is 0 Å². The summed E-state index contributed by atoms with van der Waals surface area (Å²) in [6.45, 7) is 0.730. The van der Waals surface area contributed by atoms with Gasteiger partial charge < -0.3 is 14.4 Å². The minimum Gasteiger partial charge on any atom is -0.497 e.